The summed E-state index contributed by atoms with van der Waals surface area (Å²) in [5.41, 5.74) is 0.611. The highest BCUT2D eigenvalue weighted by Crippen LogP contribution is 2.26. The highest BCUT2D eigenvalue weighted by Gasteiger charge is 2.44. The Morgan fingerprint density at radius 2 is 1.81 bits per heavy atom. The molecule has 0 aliphatic carbocycles. The van der Waals surface area contributed by atoms with Crippen molar-refractivity contribution in [1.29, 1.82) is 0 Å². The standard InChI is InChI=1S/C23H22N2O6/c1-3-13-24(21(27)15-31-18-7-5-4-6-8-18)19-14-20(26)25(22(19)28)17-11-9-16(10-12-17)23(29)30-2/h3-12,19H,1,13-15H2,2H3. The fourth-order valence-electron chi connectivity index (χ4n) is 3.28. The van der Waals surface area contributed by atoms with E-state index in [2.05, 4.69) is 11.3 Å². The predicted molar refractivity (Wildman–Crippen MR) is 113 cm³/mol. The number of hydrogen-bond acceptors (Lipinski definition) is 6. The number of methoxy groups -OCH3 is 1. The van der Waals surface area contributed by atoms with Crippen molar-refractivity contribution in [2.45, 2.75) is 12.5 Å². The molecule has 1 aliphatic rings. The molecule has 160 valence electrons. The Morgan fingerprint density at radius 1 is 1.13 bits per heavy atom. The summed E-state index contributed by atoms with van der Waals surface area (Å²) >= 11 is 0. The van der Waals surface area contributed by atoms with Crippen LogP contribution < -0.4 is 9.64 Å². The molecule has 8 heteroatoms. The number of hydrogen-bond donors (Lipinski definition) is 0. The van der Waals surface area contributed by atoms with Gasteiger partial charge in [-0.25, -0.2) is 9.69 Å². The summed E-state index contributed by atoms with van der Waals surface area (Å²) < 4.78 is 10.1. The number of amides is 3. The second-order valence-electron chi connectivity index (χ2n) is 6.76. The van der Waals surface area contributed by atoms with E-state index >= 15 is 0 Å². The molecule has 2 aromatic carbocycles. The van der Waals surface area contributed by atoms with Gasteiger partial charge < -0.3 is 14.4 Å². The van der Waals surface area contributed by atoms with Crippen molar-refractivity contribution in [3.8, 4) is 5.75 Å². The van der Waals surface area contributed by atoms with Crippen molar-refractivity contribution in [2.24, 2.45) is 0 Å². The van der Waals surface area contributed by atoms with Gasteiger partial charge in [-0.2, -0.15) is 0 Å². The summed E-state index contributed by atoms with van der Waals surface area (Å²) in [6.45, 7) is 3.46. The van der Waals surface area contributed by atoms with Crippen molar-refractivity contribution in [1.82, 2.24) is 4.90 Å². The third-order valence-electron chi connectivity index (χ3n) is 4.80. The molecule has 1 heterocycles. The van der Waals surface area contributed by atoms with Crippen LogP contribution >= 0.6 is 0 Å². The van der Waals surface area contributed by atoms with Crippen LogP contribution in [-0.2, 0) is 19.1 Å². The highest BCUT2D eigenvalue weighted by molar-refractivity contribution is 6.23. The second kappa shape index (κ2) is 9.71. The molecule has 2 aromatic rings. The first kappa shape index (κ1) is 21.8. The molecule has 3 amide bonds. The SMILES string of the molecule is C=CCN(C(=O)COc1ccccc1)C1CC(=O)N(c2ccc(C(=O)OC)cc2)C1=O. The molecule has 0 saturated carbocycles. The number of carbonyl (C=O) groups excluding carboxylic acids is 4. The normalized spacial score (nSPS) is 15.5. The fourth-order valence-corrected chi connectivity index (χ4v) is 3.28. The zero-order chi connectivity index (χ0) is 22.4. The largest absolute Gasteiger partial charge is 0.484 e. The Labute approximate surface area is 179 Å². The van der Waals surface area contributed by atoms with Crippen molar-refractivity contribution in [3.05, 3.63) is 72.8 Å². The van der Waals surface area contributed by atoms with Gasteiger partial charge in [0.2, 0.25) is 5.91 Å². The molecule has 1 aliphatic heterocycles. The lowest BCUT2D eigenvalue weighted by atomic mass is 10.2. The zero-order valence-electron chi connectivity index (χ0n) is 17.0. The van der Waals surface area contributed by atoms with Crippen LogP contribution in [-0.4, -0.2) is 54.9 Å². The van der Waals surface area contributed by atoms with Crippen LogP contribution in [0.5, 0.6) is 5.75 Å². The van der Waals surface area contributed by atoms with Gasteiger partial charge in [-0.3, -0.25) is 14.4 Å². The summed E-state index contributed by atoms with van der Waals surface area (Å²) in [7, 11) is 1.26. The minimum atomic E-state index is -0.961. The van der Waals surface area contributed by atoms with E-state index in [1.165, 1.54) is 42.4 Å². The number of carbonyl (C=O) groups is 4. The lowest BCUT2D eigenvalue weighted by Crippen LogP contribution is -2.47. The maximum absolute atomic E-state index is 13.0. The summed E-state index contributed by atoms with van der Waals surface area (Å²) in [6.07, 6.45) is 1.34. The van der Waals surface area contributed by atoms with Gasteiger partial charge >= 0.3 is 5.97 Å². The average Bonchev–Trinajstić information content (AvgIpc) is 3.09. The molecule has 0 N–H and O–H groups in total. The monoisotopic (exact) mass is 422 g/mol. The molecule has 0 radical (unpaired) electrons. The molecule has 8 nitrogen and oxygen atoms in total. The van der Waals surface area contributed by atoms with Crippen LogP contribution in [0.15, 0.2) is 67.3 Å². The summed E-state index contributed by atoms with van der Waals surface area (Å²) in [5.74, 6) is -1.39. The first-order valence-electron chi connectivity index (χ1n) is 9.59. The van der Waals surface area contributed by atoms with Gasteiger partial charge in [0.1, 0.15) is 11.8 Å². The molecule has 1 saturated heterocycles. The Bertz CT molecular complexity index is 987. The lowest BCUT2D eigenvalue weighted by Gasteiger charge is -2.26. The average molecular weight is 422 g/mol. The number of para-hydroxylation sites is 1. The van der Waals surface area contributed by atoms with E-state index in [0.29, 0.717) is 17.0 Å². The Hall–Kier alpha value is -3.94. The quantitative estimate of drug-likeness (QED) is 0.368. The molecular formula is C23H22N2O6. The molecule has 1 unspecified atom stereocenters. The van der Waals surface area contributed by atoms with Gasteiger partial charge in [0.05, 0.1) is 24.8 Å². The van der Waals surface area contributed by atoms with Crippen LogP contribution in [0.25, 0.3) is 0 Å². The number of ether oxygens (including phenoxy) is 2. The molecule has 0 bridgehead atoms. The first-order valence-corrected chi connectivity index (χ1v) is 9.59. The zero-order valence-corrected chi connectivity index (χ0v) is 17.0. The van der Waals surface area contributed by atoms with Crippen molar-refractivity contribution >= 4 is 29.4 Å². The lowest BCUT2D eigenvalue weighted by molar-refractivity contribution is -0.139. The fraction of sp³-hybridized carbons (Fsp3) is 0.217. The number of esters is 1. The van der Waals surface area contributed by atoms with Gasteiger partial charge in [0.15, 0.2) is 6.61 Å². The molecule has 31 heavy (non-hydrogen) atoms. The third-order valence-corrected chi connectivity index (χ3v) is 4.80. The molecule has 1 fully saturated rings. The van der Waals surface area contributed by atoms with Crippen LogP contribution in [0.2, 0.25) is 0 Å². The predicted octanol–water partition coefficient (Wildman–Crippen LogP) is 2.20. The van der Waals surface area contributed by atoms with Gasteiger partial charge in [0, 0.05) is 6.54 Å². The molecule has 0 spiro atoms. The van der Waals surface area contributed by atoms with Crippen LogP contribution in [0.1, 0.15) is 16.8 Å². The third kappa shape index (κ3) is 4.80. The molecule has 3 rings (SSSR count). The van der Waals surface area contributed by atoms with Crippen LogP contribution in [0, 0.1) is 0 Å². The second-order valence-corrected chi connectivity index (χ2v) is 6.76. The Balaban J connectivity index is 1.75. The summed E-state index contributed by atoms with van der Waals surface area (Å²) in [4.78, 5) is 52.3. The topological polar surface area (TPSA) is 93.2 Å². The van der Waals surface area contributed by atoms with E-state index in [1.54, 1.807) is 24.3 Å². The number of imide groups is 1. The van der Waals surface area contributed by atoms with E-state index in [9.17, 15) is 19.2 Å². The molecule has 1 atom stereocenters. The van der Waals surface area contributed by atoms with Crippen LogP contribution in [0.3, 0.4) is 0 Å². The van der Waals surface area contributed by atoms with E-state index in [4.69, 9.17) is 4.74 Å². The van der Waals surface area contributed by atoms with E-state index < -0.39 is 29.7 Å². The number of benzene rings is 2. The minimum Gasteiger partial charge on any atom is -0.484 e. The van der Waals surface area contributed by atoms with E-state index in [1.807, 2.05) is 6.07 Å². The van der Waals surface area contributed by atoms with Gasteiger partial charge in [-0.15, -0.1) is 6.58 Å². The Kier molecular flexibility index (Phi) is 6.81. The number of anilines is 1. The molecular weight excluding hydrogens is 400 g/mol. The smallest absolute Gasteiger partial charge is 0.337 e. The van der Waals surface area contributed by atoms with Crippen molar-refractivity contribution in [2.75, 3.05) is 25.2 Å². The van der Waals surface area contributed by atoms with Crippen LogP contribution in [0.4, 0.5) is 5.69 Å². The van der Waals surface area contributed by atoms with E-state index in [-0.39, 0.29) is 19.6 Å². The maximum atomic E-state index is 13.0. The molecule has 0 aromatic heterocycles. The summed E-state index contributed by atoms with van der Waals surface area (Å²) in [5, 5.41) is 0. The van der Waals surface area contributed by atoms with Crippen molar-refractivity contribution in [3.63, 3.8) is 0 Å². The number of rotatable bonds is 8. The number of nitrogens with zero attached hydrogens (tertiary/aromatic N) is 2. The Morgan fingerprint density at radius 3 is 2.42 bits per heavy atom. The minimum absolute atomic E-state index is 0.0930. The van der Waals surface area contributed by atoms with Crippen molar-refractivity contribution < 1.29 is 28.7 Å². The van der Waals surface area contributed by atoms with Gasteiger partial charge in [-0.1, -0.05) is 24.3 Å². The maximum Gasteiger partial charge on any atom is 0.337 e. The first-order chi connectivity index (χ1) is 15.0. The summed E-state index contributed by atoms with van der Waals surface area (Å²) in [6, 6.07) is 13.8. The van der Waals surface area contributed by atoms with Gasteiger partial charge in [-0.05, 0) is 36.4 Å². The highest BCUT2D eigenvalue weighted by atomic mass is 16.5. The van der Waals surface area contributed by atoms with Gasteiger partial charge in [0.25, 0.3) is 11.8 Å². The van der Waals surface area contributed by atoms with E-state index in [0.717, 1.165) is 4.90 Å².